The van der Waals surface area contributed by atoms with Crippen LogP contribution in [0.3, 0.4) is 0 Å². The Morgan fingerprint density at radius 2 is 2.00 bits per heavy atom. The normalized spacial score (nSPS) is 11.5. The molecule has 0 saturated heterocycles. The standard InChI is InChI=1S/C15H23ClN2O3S/c1-11(2)7-8-17-15(19)10-18(22(4,20)21)13-6-5-12(3)14(16)9-13/h5-6,9,11H,7-8,10H2,1-4H3,(H,17,19). The van der Waals surface area contributed by atoms with Gasteiger partial charge in [0.05, 0.1) is 11.9 Å². The smallest absolute Gasteiger partial charge is 0.240 e. The van der Waals surface area contributed by atoms with E-state index < -0.39 is 10.0 Å². The molecule has 0 radical (unpaired) electrons. The quantitative estimate of drug-likeness (QED) is 0.825. The lowest BCUT2D eigenvalue weighted by molar-refractivity contribution is -0.119. The summed E-state index contributed by atoms with van der Waals surface area (Å²) in [6, 6.07) is 4.93. The lowest BCUT2D eigenvalue weighted by Gasteiger charge is -2.22. The van der Waals surface area contributed by atoms with Gasteiger partial charge in [0.15, 0.2) is 0 Å². The maximum Gasteiger partial charge on any atom is 0.240 e. The monoisotopic (exact) mass is 346 g/mol. The summed E-state index contributed by atoms with van der Waals surface area (Å²) in [5.74, 6) is 0.144. The second kappa shape index (κ2) is 7.83. The fourth-order valence-corrected chi connectivity index (χ4v) is 2.85. The largest absolute Gasteiger partial charge is 0.355 e. The third-order valence-electron chi connectivity index (χ3n) is 3.17. The van der Waals surface area contributed by atoms with Gasteiger partial charge in [0.2, 0.25) is 15.9 Å². The van der Waals surface area contributed by atoms with Gasteiger partial charge in [-0.1, -0.05) is 31.5 Å². The van der Waals surface area contributed by atoms with Gasteiger partial charge in [0, 0.05) is 11.6 Å². The topological polar surface area (TPSA) is 66.5 Å². The van der Waals surface area contributed by atoms with Crippen LogP contribution in [0.25, 0.3) is 0 Å². The third kappa shape index (κ3) is 5.85. The summed E-state index contributed by atoms with van der Waals surface area (Å²) in [6.45, 7) is 6.22. The van der Waals surface area contributed by atoms with Gasteiger partial charge in [0.25, 0.3) is 0 Å². The minimum atomic E-state index is -3.57. The van der Waals surface area contributed by atoms with Crippen LogP contribution in [-0.4, -0.2) is 33.7 Å². The van der Waals surface area contributed by atoms with E-state index in [9.17, 15) is 13.2 Å². The zero-order valence-corrected chi connectivity index (χ0v) is 15.0. The number of carbonyl (C=O) groups excluding carboxylic acids is 1. The van der Waals surface area contributed by atoms with E-state index in [-0.39, 0.29) is 12.5 Å². The van der Waals surface area contributed by atoms with Gasteiger partial charge >= 0.3 is 0 Å². The van der Waals surface area contributed by atoms with E-state index in [1.54, 1.807) is 18.2 Å². The van der Waals surface area contributed by atoms with Crippen molar-refractivity contribution in [1.29, 1.82) is 0 Å². The average Bonchev–Trinajstić information content (AvgIpc) is 2.37. The zero-order valence-electron chi connectivity index (χ0n) is 13.4. The molecule has 0 aliphatic rings. The van der Waals surface area contributed by atoms with Crippen LogP contribution in [0.1, 0.15) is 25.8 Å². The highest BCUT2D eigenvalue weighted by molar-refractivity contribution is 7.92. The Labute approximate surface area is 137 Å². The summed E-state index contributed by atoms with van der Waals surface area (Å²) in [5, 5.41) is 3.20. The number of nitrogens with one attached hydrogen (secondary N) is 1. The Kier molecular flexibility index (Phi) is 6.68. The molecule has 7 heteroatoms. The van der Waals surface area contributed by atoms with Gasteiger partial charge < -0.3 is 5.32 Å². The average molecular weight is 347 g/mol. The van der Waals surface area contributed by atoms with Crippen LogP contribution in [0, 0.1) is 12.8 Å². The highest BCUT2D eigenvalue weighted by Gasteiger charge is 2.21. The molecule has 0 aromatic heterocycles. The predicted octanol–water partition coefficient (Wildman–Crippen LogP) is 2.58. The third-order valence-corrected chi connectivity index (χ3v) is 4.72. The van der Waals surface area contributed by atoms with Crippen LogP contribution in [0.2, 0.25) is 5.02 Å². The number of anilines is 1. The number of sulfonamides is 1. The first kappa shape index (κ1) is 18.8. The zero-order chi connectivity index (χ0) is 16.9. The number of aryl methyl sites for hydroxylation is 1. The van der Waals surface area contributed by atoms with Gasteiger partial charge in [-0.25, -0.2) is 8.42 Å². The minimum absolute atomic E-state index is 0.254. The molecule has 0 spiro atoms. The van der Waals surface area contributed by atoms with Crippen molar-refractivity contribution in [1.82, 2.24) is 5.32 Å². The van der Waals surface area contributed by atoms with Crippen molar-refractivity contribution < 1.29 is 13.2 Å². The fourth-order valence-electron chi connectivity index (χ4n) is 1.82. The molecule has 0 atom stereocenters. The highest BCUT2D eigenvalue weighted by atomic mass is 35.5. The van der Waals surface area contributed by atoms with Gasteiger partial charge in [0.1, 0.15) is 6.54 Å². The lowest BCUT2D eigenvalue weighted by atomic mass is 10.1. The van der Waals surface area contributed by atoms with Crippen LogP contribution in [0.5, 0.6) is 0 Å². The van der Waals surface area contributed by atoms with E-state index in [0.29, 0.717) is 23.2 Å². The van der Waals surface area contributed by atoms with Crippen LogP contribution in [0.15, 0.2) is 18.2 Å². The molecular formula is C15H23ClN2O3S. The Morgan fingerprint density at radius 3 is 2.50 bits per heavy atom. The summed E-state index contributed by atoms with van der Waals surface area (Å²) >= 11 is 6.04. The number of rotatable bonds is 7. The number of halogens is 1. The molecule has 1 aromatic rings. The first-order valence-electron chi connectivity index (χ1n) is 7.12. The van der Waals surface area contributed by atoms with E-state index in [1.807, 2.05) is 6.92 Å². The summed E-state index contributed by atoms with van der Waals surface area (Å²) in [5.41, 5.74) is 1.23. The molecule has 0 bridgehead atoms. The molecule has 1 N–H and O–H groups in total. The Morgan fingerprint density at radius 1 is 1.36 bits per heavy atom. The van der Waals surface area contributed by atoms with Crippen molar-refractivity contribution in [3.63, 3.8) is 0 Å². The molecule has 22 heavy (non-hydrogen) atoms. The maximum absolute atomic E-state index is 12.0. The first-order valence-corrected chi connectivity index (χ1v) is 9.34. The van der Waals surface area contributed by atoms with Crippen molar-refractivity contribution in [3.05, 3.63) is 28.8 Å². The van der Waals surface area contributed by atoms with Crippen molar-refractivity contribution in [2.24, 2.45) is 5.92 Å². The van der Waals surface area contributed by atoms with Gasteiger partial charge in [-0.05, 0) is 37.0 Å². The molecule has 0 aliphatic carbocycles. The molecule has 1 rings (SSSR count). The van der Waals surface area contributed by atoms with Crippen LogP contribution < -0.4 is 9.62 Å². The van der Waals surface area contributed by atoms with Crippen molar-refractivity contribution >= 4 is 33.2 Å². The van der Waals surface area contributed by atoms with Crippen molar-refractivity contribution in [3.8, 4) is 0 Å². The van der Waals surface area contributed by atoms with Crippen LogP contribution in [-0.2, 0) is 14.8 Å². The molecule has 5 nitrogen and oxygen atoms in total. The van der Waals surface area contributed by atoms with E-state index in [0.717, 1.165) is 22.5 Å². The molecule has 0 aliphatic heterocycles. The second-order valence-corrected chi connectivity index (χ2v) is 8.05. The van der Waals surface area contributed by atoms with E-state index in [1.165, 1.54) is 0 Å². The van der Waals surface area contributed by atoms with E-state index in [4.69, 9.17) is 11.6 Å². The van der Waals surface area contributed by atoms with Gasteiger partial charge in [-0.15, -0.1) is 0 Å². The highest BCUT2D eigenvalue weighted by Crippen LogP contribution is 2.24. The van der Waals surface area contributed by atoms with Crippen LogP contribution >= 0.6 is 11.6 Å². The number of nitrogens with zero attached hydrogens (tertiary/aromatic N) is 1. The summed E-state index contributed by atoms with van der Waals surface area (Å²) in [6.07, 6.45) is 1.92. The second-order valence-electron chi connectivity index (χ2n) is 5.74. The molecule has 1 aromatic carbocycles. The van der Waals surface area contributed by atoms with Gasteiger partial charge in [-0.2, -0.15) is 0 Å². The SMILES string of the molecule is Cc1ccc(N(CC(=O)NCCC(C)C)S(C)(=O)=O)cc1Cl. The minimum Gasteiger partial charge on any atom is -0.355 e. The number of hydrogen-bond donors (Lipinski definition) is 1. The molecule has 124 valence electrons. The lowest BCUT2D eigenvalue weighted by Crippen LogP contribution is -2.40. The summed E-state index contributed by atoms with van der Waals surface area (Å²) in [7, 11) is -3.57. The summed E-state index contributed by atoms with van der Waals surface area (Å²) in [4.78, 5) is 12.0. The molecule has 0 unspecified atom stereocenters. The Balaban J connectivity index is 2.86. The Hall–Kier alpha value is -1.27. The number of carbonyl (C=O) groups is 1. The number of hydrogen-bond acceptors (Lipinski definition) is 3. The molecule has 0 saturated carbocycles. The van der Waals surface area contributed by atoms with Crippen LogP contribution in [0.4, 0.5) is 5.69 Å². The molecule has 0 fully saturated rings. The first-order chi connectivity index (χ1) is 10.1. The number of benzene rings is 1. The fraction of sp³-hybridized carbons (Fsp3) is 0.533. The number of amides is 1. The van der Waals surface area contributed by atoms with E-state index >= 15 is 0 Å². The van der Waals surface area contributed by atoms with Crippen molar-refractivity contribution in [2.75, 3.05) is 23.7 Å². The molecule has 1 amide bonds. The Bertz CT molecular complexity index is 630. The van der Waals surface area contributed by atoms with Crippen molar-refractivity contribution in [2.45, 2.75) is 27.2 Å². The molecule has 0 heterocycles. The predicted molar refractivity (Wildman–Crippen MR) is 90.8 cm³/mol. The summed E-state index contributed by atoms with van der Waals surface area (Å²) < 4.78 is 25.0. The molecular weight excluding hydrogens is 324 g/mol. The van der Waals surface area contributed by atoms with E-state index in [2.05, 4.69) is 19.2 Å². The maximum atomic E-state index is 12.0. The van der Waals surface area contributed by atoms with Gasteiger partial charge in [-0.3, -0.25) is 9.10 Å².